The van der Waals surface area contributed by atoms with Gasteiger partial charge in [-0.1, -0.05) is 12.2 Å². The number of nitrogens with one attached hydrogen (secondary N) is 1. The Morgan fingerprint density at radius 1 is 1.19 bits per heavy atom. The summed E-state index contributed by atoms with van der Waals surface area (Å²) in [5.74, 6) is 0.686. The van der Waals surface area contributed by atoms with Gasteiger partial charge in [-0.2, -0.15) is 13.2 Å². The van der Waals surface area contributed by atoms with Crippen LogP contribution in [-0.4, -0.2) is 44.7 Å². The number of carboxylic acids is 1. The first-order chi connectivity index (χ1) is 17.7. The van der Waals surface area contributed by atoms with Crippen molar-refractivity contribution >= 4 is 22.8 Å². The Labute approximate surface area is 210 Å². The number of H-pyrrole nitrogens is 1. The number of rotatable bonds is 3. The van der Waals surface area contributed by atoms with Crippen LogP contribution in [0.2, 0.25) is 0 Å². The number of benzene rings is 1. The average molecular weight is 511 g/mol. The van der Waals surface area contributed by atoms with Gasteiger partial charge >= 0.3 is 12.1 Å². The molecule has 3 aromatic rings. The number of aromatic amines is 1. The zero-order valence-electron chi connectivity index (χ0n) is 19.8. The van der Waals surface area contributed by atoms with E-state index in [1.54, 1.807) is 6.20 Å². The molecule has 0 bridgehead atoms. The highest BCUT2D eigenvalue weighted by Crippen LogP contribution is 2.47. The third-order valence-corrected chi connectivity index (χ3v) is 7.71. The van der Waals surface area contributed by atoms with Crippen molar-refractivity contribution in [3.8, 4) is 11.4 Å². The second-order valence-electron chi connectivity index (χ2n) is 9.98. The lowest BCUT2D eigenvalue weighted by atomic mass is 9.72. The van der Waals surface area contributed by atoms with Crippen LogP contribution in [0.3, 0.4) is 0 Å². The molecule has 2 N–H and O–H groups in total. The first kappa shape index (κ1) is 23.6. The molecule has 37 heavy (non-hydrogen) atoms. The van der Waals surface area contributed by atoms with E-state index in [2.05, 4.69) is 19.9 Å². The number of hydrogen-bond acceptors (Lipinski definition) is 5. The van der Waals surface area contributed by atoms with E-state index >= 15 is 0 Å². The fourth-order valence-electron chi connectivity index (χ4n) is 5.68. The van der Waals surface area contributed by atoms with Crippen LogP contribution < -0.4 is 4.90 Å². The summed E-state index contributed by atoms with van der Waals surface area (Å²) < 4.78 is 45.5. The third-order valence-electron chi connectivity index (χ3n) is 7.71. The molecule has 0 amide bonds. The summed E-state index contributed by atoms with van der Waals surface area (Å²) in [5.41, 5.74) is 0.219. The molecule has 1 aliphatic carbocycles. The van der Waals surface area contributed by atoms with Crippen molar-refractivity contribution in [3.63, 3.8) is 0 Å². The maximum absolute atomic E-state index is 13.0. The highest BCUT2D eigenvalue weighted by molar-refractivity contribution is 5.80. The number of imidazole rings is 1. The van der Waals surface area contributed by atoms with Gasteiger partial charge in [0.1, 0.15) is 23.0 Å². The molecule has 2 aliphatic heterocycles. The highest BCUT2D eigenvalue weighted by atomic mass is 19.4. The van der Waals surface area contributed by atoms with E-state index in [-0.39, 0.29) is 5.92 Å². The number of hydrogen-bond donors (Lipinski definition) is 2. The minimum atomic E-state index is -4.42. The second-order valence-corrected chi connectivity index (χ2v) is 9.98. The summed E-state index contributed by atoms with van der Waals surface area (Å²) in [6, 6.07) is 7.15. The first-order valence-corrected chi connectivity index (χ1v) is 12.3. The number of alkyl halides is 3. The molecular formula is C27H25F3N4O3. The van der Waals surface area contributed by atoms with Crippen LogP contribution in [-0.2, 0) is 15.7 Å². The number of nitrogens with zero attached hydrogens (tertiary/aromatic N) is 3. The van der Waals surface area contributed by atoms with Crippen molar-refractivity contribution in [2.24, 2.45) is 11.8 Å². The smallest absolute Gasteiger partial charge is 0.416 e. The van der Waals surface area contributed by atoms with Gasteiger partial charge in [0.25, 0.3) is 0 Å². The van der Waals surface area contributed by atoms with Crippen molar-refractivity contribution in [2.75, 3.05) is 18.0 Å². The average Bonchev–Trinajstić information content (AvgIpc) is 3.32. The van der Waals surface area contributed by atoms with Crippen LogP contribution in [0.15, 0.2) is 60.5 Å². The van der Waals surface area contributed by atoms with E-state index in [1.165, 1.54) is 6.07 Å². The fourth-order valence-corrected chi connectivity index (χ4v) is 5.68. The van der Waals surface area contributed by atoms with Crippen LogP contribution in [0.4, 0.5) is 19.0 Å². The predicted molar refractivity (Wildman–Crippen MR) is 131 cm³/mol. The predicted octanol–water partition coefficient (Wildman–Crippen LogP) is 5.56. The summed E-state index contributed by atoms with van der Waals surface area (Å²) >= 11 is 0. The van der Waals surface area contributed by atoms with Crippen molar-refractivity contribution in [1.29, 1.82) is 0 Å². The number of piperidine rings is 1. The molecule has 4 heterocycles. The lowest BCUT2D eigenvalue weighted by molar-refractivity contribution is -0.155. The van der Waals surface area contributed by atoms with Crippen LogP contribution in [0, 0.1) is 11.8 Å². The molecule has 0 radical (unpaired) electrons. The van der Waals surface area contributed by atoms with Crippen LogP contribution in [0.25, 0.3) is 22.4 Å². The summed E-state index contributed by atoms with van der Waals surface area (Å²) in [6.45, 7) is 1.36. The third kappa shape index (κ3) is 4.34. The SMILES string of the molecule is O=C(O)C1CC2(CCN(c3ccc(-c4nc5ccc(C(F)(F)F)cc5[nH]4)cn3)CC2)OC2=CC=CCC21. The quantitative estimate of drug-likeness (QED) is 0.479. The summed E-state index contributed by atoms with van der Waals surface area (Å²) in [7, 11) is 0. The zero-order chi connectivity index (χ0) is 25.8. The van der Waals surface area contributed by atoms with Gasteiger partial charge in [-0.15, -0.1) is 0 Å². The number of ether oxygens (including phenoxy) is 1. The van der Waals surface area contributed by atoms with Crippen molar-refractivity contribution in [1.82, 2.24) is 15.0 Å². The monoisotopic (exact) mass is 510 g/mol. The summed E-state index contributed by atoms with van der Waals surface area (Å²) in [6.07, 6.45) is 5.65. The molecule has 3 aliphatic rings. The van der Waals surface area contributed by atoms with Gasteiger partial charge in [0.2, 0.25) is 0 Å². The van der Waals surface area contributed by atoms with Crippen molar-refractivity contribution in [2.45, 2.75) is 37.5 Å². The molecule has 1 spiro atoms. The van der Waals surface area contributed by atoms with Gasteiger partial charge in [-0.3, -0.25) is 4.79 Å². The van der Waals surface area contributed by atoms with Crippen LogP contribution >= 0.6 is 0 Å². The van der Waals surface area contributed by atoms with E-state index in [4.69, 9.17) is 4.74 Å². The molecule has 0 saturated carbocycles. The Balaban J connectivity index is 1.16. The Hall–Kier alpha value is -3.82. The zero-order valence-corrected chi connectivity index (χ0v) is 19.8. The number of aliphatic carboxylic acids is 1. The number of carboxylic acid groups (broad SMARTS) is 1. The Morgan fingerprint density at radius 2 is 2.00 bits per heavy atom. The van der Waals surface area contributed by atoms with Gasteiger partial charge in [-0.25, -0.2) is 9.97 Å². The fraction of sp³-hybridized carbons (Fsp3) is 0.370. The summed E-state index contributed by atoms with van der Waals surface area (Å²) in [4.78, 5) is 26.1. The Kier molecular flexibility index (Phi) is 5.50. The largest absolute Gasteiger partial charge is 0.491 e. The Bertz CT molecular complexity index is 1400. The first-order valence-electron chi connectivity index (χ1n) is 12.3. The van der Waals surface area contributed by atoms with Gasteiger partial charge in [0.15, 0.2) is 0 Å². The molecule has 2 aromatic heterocycles. The number of pyridine rings is 1. The van der Waals surface area contributed by atoms with Gasteiger partial charge in [-0.05, 0) is 42.8 Å². The topological polar surface area (TPSA) is 91.3 Å². The van der Waals surface area contributed by atoms with E-state index < -0.39 is 29.2 Å². The molecule has 2 unspecified atom stereocenters. The molecule has 192 valence electrons. The molecular weight excluding hydrogens is 485 g/mol. The lowest BCUT2D eigenvalue weighted by Crippen LogP contribution is -2.52. The maximum Gasteiger partial charge on any atom is 0.416 e. The lowest BCUT2D eigenvalue weighted by Gasteiger charge is -2.49. The number of halogens is 3. The molecule has 2 fully saturated rings. The van der Waals surface area contributed by atoms with Gasteiger partial charge < -0.3 is 19.7 Å². The number of carbonyl (C=O) groups is 1. The number of aromatic nitrogens is 3. The summed E-state index contributed by atoms with van der Waals surface area (Å²) in [5, 5.41) is 9.85. The maximum atomic E-state index is 13.0. The van der Waals surface area contributed by atoms with Crippen molar-refractivity contribution in [3.05, 3.63) is 66.1 Å². The van der Waals surface area contributed by atoms with E-state index in [9.17, 15) is 23.1 Å². The van der Waals surface area contributed by atoms with E-state index in [0.717, 1.165) is 23.7 Å². The number of fused-ring (bicyclic) bond motifs is 2. The molecule has 2 atom stereocenters. The van der Waals surface area contributed by atoms with Gasteiger partial charge in [0.05, 0.1) is 22.5 Å². The van der Waals surface area contributed by atoms with Crippen molar-refractivity contribution < 1.29 is 27.8 Å². The molecule has 2 saturated heterocycles. The van der Waals surface area contributed by atoms with Crippen LogP contribution in [0.5, 0.6) is 0 Å². The normalized spacial score (nSPS) is 23.0. The van der Waals surface area contributed by atoms with E-state index in [1.807, 2.05) is 30.4 Å². The number of allylic oxidation sites excluding steroid dienone is 4. The van der Waals surface area contributed by atoms with Crippen LogP contribution in [0.1, 0.15) is 31.2 Å². The minimum absolute atomic E-state index is 0.0985. The molecule has 6 rings (SSSR count). The highest BCUT2D eigenvalue weighted by Gasteiger charge is 2.49. The Morgan fingerprint density at radius 3 is 2.70 bits per heavy atom. The molecule has 10 heteroatoms. The molecule has 1 aromatic carbocycles. The second kappa shape index (κ2) is 8.64. The standard InChI is InChI=1S/C27H25F3N4O3/c28-27(29,30)17-6-7-20-21(13-17)33-24(32-20)16-5-8-23(31-15-16)34-11-9-26(10-12-34)14-19(25(35)36)18-3-1-2-4-22(18)37-26/h1-2,4-8,13,15,18-19H,3,9-12,14H2,(H,32,33)(H,35,36). The van der Waals surface area contributed by atoms with E-state index in [0.29, 0.717) is 61.2 Å². The van der Waals surface area contributed by atoms with Gasteiger partial charge in [0, 0.05) is 50.0 Å². The minimum Gasteiger partial charge on any atom is -0.491 e. The molecule has 7 nitrogen and oxygen atoms in total. The number of anilines is 1.